The summed E-state index contributed by atoms with van der Waals surface area (Å²) in [5.74, 6) is -0.581. The first-order valence-corrected chi connectivity index (χ1v) is 11.6. The van der Waals surface area contributed by atoms with E-state index in [2.05, 4.69) is 18.2 Å². The number of para-hydroxylation sites is 1. The maximum absolute atomic E-state index is 13.7. The smallest absolute Gasteiger partial charge is 0.305 e. The van der Waals surface area contributed by atoms with Gasteiger partial charge in [0, 0.05) is 28.3 Å². The monoisotopic (exact) mass is 445 g/mol. The lowest BCUT2D eigenvalue weighted by atomic mass is 9.87. The summed E-state index contributed by atoms with van der Waals surface area (Å²) in [5.41, 5.74) is 4.68. The van der Waals surface area contributed by atoms with Crippen molar-refractivity contribution in [1.29, 1.82) is 0 Å². The lowest BCUT2D eigenvalue weighted by Gasteiger charge is -2.24. The molecule has 33 heavy (non-hydrogen) atoms. The number of benzene rings is 2. The Bertz CT molecular complexity index is 1230. The van der Waals surface area contributed by atoms with E-state index in [1.165, 1.54) is 12.1 Å². The van der Waals surface area contributed by atoms with Crippen LogP contribution in [-0.2, 0) is 9.53 Å². The SMILES string of the molecule is CC1(C)O[C@@H](CC(=O)O)C[C@H]1/C=C/c1c(C2CC2)nc2ccccc2c1-c1ccc(F)cc1. The molecule has 1 aromatic heterocycles. The summed E-state index contributed by atoms with van der Waals surface area (Å²) >= 11 is 0. The third-order valence-electron chi connectivity index (χ3n) is 6.83. The average Bonchev–Trinajstić information content (AvgIpc) is 3.56. The standard InChI is InChI=1S/C28H28FNO3/c1-28(2)19(15-21(33-28)16-25(31)32)11-14-23-26(17-9-12-20(29)13-10-17)22-5-3-4-6-24(22)30-27(23)18-7-8-18/h3-6,9-14,18-19,21H,7-8,15-16H2,1-2H3,(H,31,32)/b14-11+/t19-,21-/m1/s1. The highest BCUT2D eigenvalue weighted by Crippen LogP contribution is 2.46. The molecule has 0 bridgehead atoms. The summed E-state index contributed by atoms with van der Waals surface area (Å²) in [4.78, 5) is 16.2. The molecule has 170 valence electrons. The van der Waals surface area contributed by atoms with Gasteiger partial charge >= 0.3 is 5.97 Å². The van der Waals surface area contributed by atoms with Crippen LogP contribution in [0, 0.1) is 11.7 Å². The number of ether oxygens (including phenoxy) is 1. The van der Waals surface area contributed by atoms with Gasteiger partial charge in [-0.3, -0.25) is 9.78 Å². The van der Waals surface area contributed by atoms with Crippen LogP contribution in [0.25, 0.3) is 28.1 Å². The molecule has 3 aromatic rings. The number of hydrogen-bond donors (Lipinski definition) is 1. The molecule has 4 nitrogen and oxygen atoms in total. The van der Waals surface area contributed by atoms with Gasteiger partial charge in [0.2, 0.25) is 0 Å². The molecule has 5 rings (SSSR count). The van der Waals surface area contributed by atoms with Crippen LogP contribution in [0.1, 0.15) is 56.7 Å². The second-order valence-electron chi connectivity index (χ2n) is 9.73. The topological polar surface area (TPSA) is 59.4 Å². The van der Waals surface area contributed by atoms with Crippen LogP contribution in [0.2, 0.25) is 0 Å². The molecule has 2 heterocycles. The number of hydrogen-bond acceptors (Lipinski definition) is 3. The van der Waals surface area contributed by atoms with E-state index >= 15 is 0 Å². The number of carboxylic acids is 1. The van der Waals surface area contributed by atoms with Gasteiger partial charge in [-0.15, -0.1) is 0 Å². The Morgan fingerprint density at radius 1 is 1.18 bits per heavy atom. The molecule has 1 N–H and O–H groups in total. The van der Waals surface area contributed by atoms with Gasteiger partial charge in [0.15, 0.2) is 0 Å². The number of carboxylic acid groups (broad SMARTS) is 1. The highest BCUT2D eigenvalue weighted by atomic mass is 19.1. The lowest BCUT2D eigenvalue weighted by molar-refractivity contribution is -0.140. The van der Waals surface area contributed by atoms with E-state index in [1.807, 2.05) is 44.2 Å². The van der Waals surface area contributed by atoms with Crippen molar-refractivity contribution in [3.8, 4) is 11.1 Å². The molecule has 1 saturated heterocycles. The summed E-state index contributed by atoms with van der Waals surface area (Å²) in [6, 6.07) is 14.8. The van der Waals surface area contributed by atoms with Crippen LogP contribution in [0.15, 0.2) is 54.6 Å². The zero-order valence-electron chi connectivity index (χ0n) is 18.9. The molecule has 0 unspecified atom stereocenters. The van der Waals surface area contributed by atoms with Crippen molar-refractivity contribution in [2.24, 2.45) is 5.92 Å². The number of rotatable bonds is 6. The fraction of sp³-hybridized carbons (Fsp3) is 0.357. The Labute approximate surface area is 193 Å². The Kier molecular flexibility index (Phi) is 5.53. The van der Waals surface area contributed by atoms with E-state index in [9.17, 15) is 14.3 Å². The van der Waals surface area contributed by atoms with Gasteiger partial charge in [-0.1, -0.05) is 42.5 Å². The number of pyridine rings is 1. The molecule has 5 heteroatoms. The number of aliphatic carboxylic acids is 1. The van der Waals surface area contributed by atoms with Crippen molar-refractivity contribution in [2.45, 2.75) is 57.2 Å². The van der Waals surface area contributed by atoms with Gasteiger partial charge in [-0.25, -0.2) is 4.39 Å². The third kappa shape index (κ3) is 4.42. The number of halogens is 1. The maximum atomic E-state index is 13.7. The molecular formula is C28H28FNO3. The Morgan fingerprint density at radius 3 is 2.61 bits per heavy atom. The second-order valence-corrected chi connectivity index (χ2v) is 9.73. The maximum Gasteiger partial charge on any atom is 0.305 e. The van der Waals surface area contributed by atoms with Crippen molar-refractivity contribution in [1.82, 2.24) is 4.98 Å². The largest absolute Gasteiger partial charge is 0.481 e. The zero-order valence-corrected chi connectivity index (χ0v) is 18.9. The molecule has 2 atom stereocenters. The third-order valence-corrected chi connectivity index (χ3v) is 6.83. The molecule has 1 saturated carbocycles. The summed E-state index contributed by atoms with van der Waals surface area (Å²) in [6.45, 7) is 4.04. The van der Waals surface area contributed by atoms with Crippen molar-refractivity contribution in [3.05, 3.63) is 71.7 Å². The van der Waals surface area contributed by atoms with Crippen LogP contribution >= 0.6 is 0 Å². The van der Waals surface area contributed by atoms with Crippen molar-refractivity contribution < 1.29 is 19.0 Å². The molecule has 2 aliphatic rings. The number of aromatic nitrogens is 1. The van der Waals surface area contributed by atoms with Crippen molar-refractivity contribution in [3.63, 3.8) is 0 Å². The van der Waals surface area contributed by atoms with Gasteiger partial charge in [-0.05, 0) is 56.9 Å². The predicted molar refractivity (Wildman–Crippen MR) is 127 cm³/mol. The number of nitrogens with zero attached hydrogens (tertiary/aromatic N) is 1. The van der Waals surface area contributed by atoms with Crippen molar-refractivity contribution in [2.75, 3.05) is 0 Å². The minimum absolute atomic E-state index is 0.0133. The van der Waals surface area contributed by atoms with Crippen LogP contribution in [-0.4, -0.2) is 27.8 Å². The van der Waals surface area contributed by atoms with E-state index < -0.39 is 11.6 Å². The van der Waals surface area contributed by atoms with Gasteiger partial charge in [-0.2, -0.15) is 0 Å². The number of fused-ring (bicyclic) bond motifs is 1. The Morgan fingerprint density at radius 2 is 1.91 bits per heavy atom. The summed E-state index contributed by atoms with van der Waals surface area (Å²) in [5, 5.41) is 10.2. The van der Waals surface area contributed by atoms with E-state index in [4.69, 9.17) is 9.72 Å². The molecule has 0 amide bonds. The molecule has 2 aromatic carbocycles. The zero-order chi connectivity index (χ0) is 23.2. The van der Waals surface area contributed by atoms with E-state index in [1.54, 1.807) is 0 Å². The minimum atomic E-state index is -0.839. The summed E-state index contributed by atoms with van der Waals surface area (Å²) in [6.07, 6.45) is 6.93. The highest BCUT2D eigenvalue weighted by molar-refractivity contribution is 5.99. The molecular weight excluding hydrogens is 417 g/mol. The fourth-order valence-electron chi connectivity index (χ4n) is 4.98. The van der Waals surface area contributed by atoms with Crippen LogP contribution in [0.4, 0.5) is 4.39 Å². The average molecular weight is 446 g/mol. The molecule has 0 spiro atoms. The summed E-state index contributed by atoms with van der Waals surface area (Å²) < 4.78 is 19.8. The first-order valence-electron chi connectivity index (χ1n) is 11.6. The highest BCUT2D eigenvalue weighted by Gasteiger charge is 2.41. The normalized spacial score (nSPS) is 22.3. The van der Waals surface area contributed by atoms with E-state index in [0.29, 0.717) is 12.3 Å². The van der Waals surface area contributed by atoms with E-state index in [0.717, 1.165) is 46.1 Å². The summed E-state index contributed by atoms with van der Waals surface area (Å²) in [7, 11) is 0. The van der Waals surface area contributed by atoms with Gasteiger partial charge in [0.25, 0.3) is 0 Å². The molecule has 2 fully saturated rings. The van der Waals surface area contributed by atoms with Crippen molar-refractivity contribution >= 4 is 22.9 Å². The first-order chi connectivity index (χ1) is 15.8. The van der Waals surface area contributed by atoms with E-state index in [-0.39, 0.29) is 24.3 Å². The lowest BCUT2D eigenvalue weighted by Crippen LogP contribution is -2.26. The van der Waals surface area contributed by atoms with Gasteiger partial charge < -0.3 is 9.84 Å². The quantitative estimate of drug-likeness (QED) is 0.465. The second kappa shape index (κ2) is 8.38. The number of carbonyl (C=O) groups is 1. The van der Waals surface area contributed by atoms with Crippen LogP contribution < -0.4 is 0 Å². The molecule has 1 aliphatic carbocycles. The van der Waals surface area contributed by atoms with Gasteiger partial charge in [0.05, 0.1) is 29.3 Å². The fourth-order valence-corrected chi connectivity index (χ4v) is 4.98. The van der Waals surface area contributed by atoms with Crippen LogP contribution in [0.3, 0.4) is 0 Å². The first kappa shape index (κ1) is 21.8. The predicted octanol–water partition coefficient (Wildman–Crippen LogP) is 6.59. The van der Waals surface area contributed by atoms with Crippen LogP contribution in [0.5, 0.6) is 0 Å². The minimum Gasteiger partial charge on any atom is -0.481 e. The molecule has 1 aliphatic heterocycles. The Balaban J connectivity index is 1.63. The Hall–Kier alpha value is -3.05. The van der Waals surface area contributed by atoms with Gasteiger partial charge in [0.1, 0.15) is 5.82 Å². The molecule has 0 radical (unpaired) electrons.